The molecule has 0 aliphatic rings. The van der Waals surface area contributed by atoms with E-state index in [9.17, 15) is 0 Å². The van der Waals surface area contributed by atoms with Crippen LogP contribution in [0.1, 0.15) is 17.2 Å². The number of benzene rings is 1. The first-order chi connectivity index (χ1) is 9.28. The molecule has 1 aromatic carbocycles. The Kier molecular flexibility index (Phi) is 2.94. The topological polar surface area (TPSA) is 81.7 Å². The second-order valence-corrected chi connectivity index (χ2v) is 4.35. The second-order valence-electron chi connectivity index (χ2n) is 4.35. The molecule has 0 saturated heterocycles. The molecular formula is C13H14N6. The van der Waals surface area contributed by atoms with Crippen molar-refractivity contribution in [3.63, 3.8) is 0 Å². The molecule has 6 nitrogen and oxygen atoms in total. The Balaban J connectivity index is 2.06. The van der Waals surface area contributed by atoms with E-state index in [1.54, 1.807) is 23.3 Å². The summed E-state index contributed by atoms with van der Waals surface area (Å²) in [5, 5.41) is 4.17. The summed E-state index contributed by atoms with van der Waals surface area (Å²) < 4.78 is 1.75. The maximum Gasteiger partial charge on any atom is 0.0890 e. The van der Waals surface area contributed by atoms with Gasteiger partial charge in [-0.1, -0.05) is 6.07 Å². The van der Waals surface area contributed by atoms with Crippen LogP contribution in [0.25, 0.3) is 11.0 Å². The van der Waals surface area contributed by atoms with Gasteiger partial charge in [0, 0.05) is 31.2 Å². The van der Waals surface area contributed by atoms with E-state index >= 15 is 0 Å². The first kappa shape index (κ1) is 11.8. The molecule has 96 valence electrons. The van der Waals surface area contributed by atoms with Crippen molar-refractivity contribution < 1.29 is 0 Å². The van der Waals surface area contributed by atoms with E-state index in [0.29, 0.717) is 0 Å². The average molecular weight is 254 g/mol. The summed E-state index contributed by atoms with van der Waals surface area (Å²) in [4.78, 5) is 8.56. The summed E-state index contributed by atoms with van der Waals surface area (Å²) in [6, 6.07) is 5.81. The summed E-state index contributed by atoms with van der Waals surface area (Å²) >= 11 is 0. The number of fused-ring (bicyclic) bond motifs is 1. The van der Waals surface area contributed by atoms with Crippen LogP contribution in [0.3, 0.4) is 0 Å². The van der Waals surface area contributed by atoms with Crippen molar-refractivity contribution in [3.05, 3.63) is 54.1 Å². The van der Waals surface area contributed by atoms with Gasteiger partial charge < -0.3 is 0 Å². The van der Waals surface area contributed by atoms with Gasteiger partial charge in [-0.05, 0) is 17.7 Å². The van der Waals surface area contributed by atoms with Gasteiger partial charge in [-0.25, -0.2) is 5.43 Å². The van der Waals surface area contributed by atoms with Gasteiger partial charge in [0.15, 0.2) is 0 Å². The minimum atomic E-state index is -0.111. The molecular weight excluding hydrogens is 240 g/mol. The molecule has 3 aromatic rings. The van der Waals surface area contributed by atoms with Gasteiger partial charge in [-0.3, -0.25) is 20.5 Å². The summed E-state index contributed by atoms with van der Waals surface area (Å²) in [5.41, 5.74) is 6.57. The number of hydrogen-bond donors (Lipinski definition) is 2. The van der Waals surface area contributed by atoms with E-state index in [4.69, 9.17) is 5.84 Å². The number of nitrogens with zero attached hydrogens (tertiary/aromatic N) is 4. The number of aryl methyl sites for hydroxylation is 1. The van der Waals surface area contributed by atoms with Gasteiger partial charge in [0.05, 0.1) is 23.3 Å². The fourth-order valence-electron chi connectivity index (χ4n) is 2.13. The number of nitrogens with two attached hydrogens (primary N) is 1. The van der Waals surface area contributed by atoms with E-state index in [-0.39, 0.29) is 6.04 Å². The third-order valence-electron chi connectivity index (χ3n) is 3.05. The molecule has 3 rings (SSSR count). The van der Waals surface area contributed by atoms with Gasteiger partial charge in [0.25, 0.3) is 0 Å². The first-order valence-corrected chi connectivity index (χ1v) is 5.93. The molecule has 0 bridgehead atoms. The summed E-state index contributed by atoms with van der Waals surface area (Å²) in [6.07, 6.45) is 7.10. The quantitative estimate of drug-likeness (QED) is 0.536. The zero-order valence-corrected chi connectivity index (χ0v) is 10.5. The fourth-order valence-corrected chi connectivity index (χ4v) is 2.13. The standard InChI is InChI=1S/C13H14N6/c1-19-8-10(7-17-19)13(18-14)9-2-3-11-12(6-9)16-5-4-15-11/h2-8,13,18H,14H2,1H3. The Bertz CT molecular complexity index is 705. The second kappa shape index (κ2) is 4.75. The molecule has 19 heavy (non-hydrogen) atoms. The summed E-state index contributed by atoms with van der Waals surface area (Å²) in [5.74, 6) is 5.67. The van der Waals surface area contributed by atoms with Crippen molar-refractivity contribution in [1.29, 1.82) is 0 Å². The van der Waals surface area contributed by atoms with Gasteiger partial charge >= 0.3 is 0 Å². The van der Waals surface area contributed by atoms with Gasteiger partial charge in [-0.2, -0.15) is 5.10 Å². The van der Waals surface area contributed by atoms with Gasteiger partial charge in [0.2, 0.25) is 0 Å². The van der Waals surface area contributed by atoms with Crippen LogP contribution in [0.15, 0.2) is 43.0 Å². The molecule has 0 spiro atoms. The van der Waals surface area contributed by atoms with Crippen LogP contribution in [0.4, 0.5) is 0 Å². The van der Waals surface area contributed by atoms with Crippen molar-refractivity contribution in [2.45, 2.75) is 6.04 Å². The molecule has 0 aliphatic carbocycles. The van der Waals surface area contributed by atoms with Crippen LogP contribution in [0.2, 0.25) is 0 Å². The highest BCUT2D eigenvalue weighted by Crippen LogP contribution is 2.23. The van der Waals surface area contributed by atoms with Crippen molar-refractivity contribution in [2.75, 3.05) is 0 Å². The third kappa shape index (κ3) is 2.18. The Labute approximate surface area is 110 Å². The maximum atomic E-state index is 5.67. The smallest absolute Gasteiger partial charge is 0.0890 e. The largest absolute Gasteiger partial charge is 0.275 e. The number of aromatic nitrogens is 4. The predicted octanol–water partition coefficient (Wildman–Crippen LogP) is 0.916. The number of hydrazine groups is 1. The molecule has 1 atom stereocenters. The van der Waals surface area contributed by atoms with Crippen LogP contribution in [-0.4, -0.2) is 19.7 Å². The first-order valence-electron chi connectivity index (χ1n) is 5.93. The van der Waals surface area contributed by atoms with Crippen molar-refractivity contribution >= 4 is 11.0 Å². The minimum absolute atomic E-state index is 0.111. The van der Waals surface area contributed by atoms with Crippen molar-refractivity contribution in [2.24, 2.45) is 12.9 Å². The molecule has 0 radical (unpaired) electrons. The third-order valence-corrected chi connectivity index (χ3v) is 3.05. The summed E-state index contributed by atoms with van der Waals surface area (Å²) in [6.45, 7) is 0. The Hall–Kier alpha value is -2.31. The predicted molar refractivity (Wildman–Crippen MR) is 71.9 cm³/mol. The van der Waals surface area contributed by atoms with Crippen LogP contribution < -0.4 is 11.3 Å². The molecule has 2 heterocycles. The number of nitrogens with one attached hydrogen (secondary N) is 1. The highest BCUT2D eigenvalue weighted by Gasteiger charge is 2.14. The van der Waals surface area contributed by atoms with E-state index < -0.39 is 0 Å². The van der Waals surface area contributed by atoms with Crippen LogP contribution >= 0.6 is 0 Å². The molecule has 0 aliphatic heterocycles. The van der Waals surface area contributed by atoms with Crippen molar-refractivity contribution in [3.8, 4) is 0 Å². The van der Waals surface area contributed by atoms with Crippen LogP contribution in [-0.2, 0) is 7.05 Å². The highest BCUT2D eigenvalue weighted by atomic mass is 15.3. The van der Waals surface area contributed by atoms with Gasteiger partial charge in [-0.15, -0.1) is 0 Å². The molecule has 1 unspecified atom stereocenters. The highest BCUT2D eigenvalue weighted by molar-refractivity contribution is 5.74. The van der Waals surface area contributed by atoms with E-state index in [1.807, 2.05) is 31.4 Å². The number of hydrogen-bond acceptors (Lipinski definition) is 5. The summed E-state index contributed by atoms with van der Waals surface area (Å²) in [7, 11) is 1.88. The maximum absolute atomic E-state index is 5.67. The average Bonchev–Trinajstić information content (AvgIpc) is 2.86. The van der Waals surface area contributed by atoms with E-state index in [1.165, 1.54) is 0 Å². The van der Waals surface area contributed by atoms with E-state index in [0.717, 1.165) is 22.2 Å². The minimum Gasteiger partial charge on any atom is -0.275 e. The molecule has 0 fully saturated rings. The lowest BCUT2D eigenvalue weighted by Crippen LogP contribution is -2.28. The molecule has 3 N–H and O–H groups in total. The van der Waals surface area contributed by atoms with Crippen LogP contribution in [0.5, 0.6) is 0 Å². The lowest BCUT2D eigenvalue weighted by molar-refractivity contribution is 0.636. The molecule has 2 aromatic heterocycles. The normalized spacial score (nSPS) is 12.7. The number of rotatable bonds is 3. The monoisotopic (exact) mass is 254 g/mol. The fraction of sp³-hybridized carbons (Fsp3) is 0.154. The Morgan fingerprint density at radius 2 is 1.95 bits per heavy atom. The lowest BCUT2D eigenvalue weighted by Gasteiger charge is -2.14. The lowest BCUT2D eigenvalue weighted by atomic mass is 10.0. The Morgan fingerprint density at radius 1 is 1.16 bits per heavy atom. The zero-order chi connectivity index (χ0) is 13.2. The molecule has 0 saturated carbocycles. The van der Waals surface area contributed by atoms with Gasteiger partial charge in [0.1, 0.15) is 0 Å². The SMILES string of the molecule is Cn1cc(C(NN)c2ccc3nccnc3c2)cn1. The Morgan fingerprint density at radius 3 is 2.63 bits per heavy atom. The molecule has 0 amide bonds. The zero-order valence-electron chi connectivity index (χ0n) is 10.5. The van der Waals surface area contributed by atoms with E-state index in [2.05, 4.69) is 20.5 Å². The molecule has 6 heteroatoms. The van der Waals surface area contributed by atoms with Crippen molar-refractivity contribution in [1.82, 2.24) is 25.2 Å². The van der Waals surface area contributed by atoms with Crippen LogP contribution in [0, 0.1) is 0 Å².